The number of nitrogens with zero attached hydrogens (tertiary/aromatic N) is 1. The van der Waals surface area contributed by atoms with Crippen LogP contribution in [0, 0.1) is 11.8 Å². The number of carboxylic acid groups (broad SMARTS) is 1. The number of nitrogens with one attached hydrogen (secondary N) is 2. The summed E-state index contributed by atoms with van der Waals surface area (Å²) < 4.78 is 0. The van der Waals surface area contributed by atoms with Crippen molar-refractivity contribution in [2.45, 2.75) is 45.2 Å². The van der Waals surface area contributed by atoms with Gasteiger partial charge in [-0.2, -0.15) is 0 Å². The van der Waals surface area contributed by atoms with Gasteiger partial charge in [0.15, 0.2) is 0 Å². The molecule has 0 aromatic carbocycles. The van der Waals surface area contributed by atoms with E-state index < -0.39 is 41.9 Å². The molecule has 0 aromatic rings. The van der Waals surface area contributed by atoms with E-state index in [1.807, 2.05) is 0 Å². The van der Waals surface area contributed by atoms with Crippen LogP contribution in [-0.2, 0) is 14.4 Å². The summed E-state index contributed by atoms with van der Waals surface area (Å²) in [6.07, 6.45) is 1.74. The highest BCUT2D eigenvalue weighted by molar-refractivity contribution is 6.09. The van der Waals surface area contributed by atoms with Gasteiger partial charge in [-0.1, -0.05) is 13.8 Å². The van der Waals surface area contributed by atoms with Gasteiger partial charge in [-0.15, -0.1) is 0 Å². The van der Waals surface area contributed by atoms with Gasteiger partial charge in [0.2, 0.25) is 5.91 Å². The zero-order valence-corrected chi connectivity index (χ0v) is 12.9. The maximum atomic E-state index is 12.4. The van der Waals surface area contributed by atoms with Crippen LogP contribution in [0.4, 0.5) is 4.79 Å². The Bertz CT molecular complexity index is 529. The topological polar surface area (TPSA) is 116 Å². The highest BCUT2D eigenvalue weighted by atomic mass is 16.4. The molecule has 0 unspecified atom stereocenters. The fourth-order valence-corrected chi connectivity index (χ4v) is 2.67. The van der Waals surface area contributed by atoms with Crippen molar-refractivity contribution in [2.75, 3.05) is 6.54 Å². The number of aliphatic carboxylic acids is 1. The molecule has 1 aliphatic carbocycles. The third-order valence-corrected chi connectivity index (χ3v) is 4.25. The lowest BCUT2D eigenvalue weighted by molar-refractivity contribution is -0.143. The van der Waals surface area contributed by atoms with Crippen molar-refractivity contribution in [3.63, 3.8) is 0 Å². The molecule has 1 aliphatic heterocycles. The second kappa shape index (κ2) is 5.58. The van der Waals surface area contributed by atoms with E-state index in [9.17, 15) is 19.2 Å². The summed E-state index contributed by atoms with van der Waals surface area (Å²) in [7, 11) is 0. The highest BCUT2D eigenvalue weighted by Crippen LogP contribution is 2.42. The van der Waals surface area contributed by atoms with Crippen LogP contribution in [0.2, 0.25) is 0 Å². The van der Waals surface area contributed by atoms with Crippen LogP contribution in [-0.4, -0.2) is 51.9 Å². The molecule has 0 spiro atoms. The van der Waals surface area contributed by atoms with Gasteiger partial charge in [-0.05, 0) is 31.6 Å². The monoisotopic (exact) mass is 311 g/mol. The van der Waals surface area contributed by atoms with Crippen LogP contribution in [0.1, 0.15) is 33.6 Å². The molecule has 4 amide bonds. The normalized spacial score (nSPS) is 26.1. The second-order valence-corrected chi connectivity index (χ2v) is 6.43. The van der Waals surface area contributed by atoms with E-state index in [4.69, 9.17) is 5.11 Å². The lowest BCUT2D eigenvalue weighted by Gasteiger charge is -2.22. The molecule has 22 heavy (non-hydrogen) atoms. The Hall–Kier alpha value is -2.12. The summed E-state index contributed by atoms with van der Waals surface area (Å²) in [5, 5.41) is 14.0. The largest absolute Gasteiger partial charge is 0.480 e. The van der Waals surface area contributed by atoms with Gasteiger partial charge in [-0.25, -0.2) is 9.59 Å². The Labute approximate surface area is 128 Å². The van der Waals surface area contributed by atoms with E-state index in [2.05, 4.69) is 10.6 Å². The number of imide groups is 1. The fourth-order valence-electron chi connectivity index (χ4n) is 2.67. The van der Waals surface area contributed by atoms with Crippen LogP contribution in [0.25, 0.3) is 0 Å². The molecule has 8 nitrogen and oxygen atoms in total. The maximum absolute atomic E-state index is 12.4. The van der Waals surface area contributed by atoms with Gasteiger partial charge >= 0.3 is 12.0 Å². The van der Waals surface area contributed by atoms with E-state index >= 15 is 0 Å². The lowest BCUT2D eigenvalue weighted by Crippen LogP contribution is -2.50. The molecule has 122 valence electrons. The van der Waals surface area contributed by atoms with Gasteiger partial charge in [0.05, 0.1) is 0 Å². The van der Waals surface area contributed by atoms with Gasteiger partial charge in [0, 0.05) is 0 Å². The zero-order chi connectivity index (χ0) is 16.7. The average Bonchev–Trinajstić information content (AvgIpc) is 3.22. The third-order valence-electron chi connectivity index (χ3n) is 4.25. The first kappa shape index (κ1) is 16.3. The predicted octanol–water partition coefficient (Wildman–Crippen LogP) is -0.0677. The van der Waals surface area contributed by atoms with Gasteiger partial charge in [0.1, 0.15) is 18.1 Å². The van der Waals surface area contributed by atoms with Crippen molar-refractivity contribution >= 4 is 23.8 Å². The Morgan fingerprint density at radius 3 is 2.45 bits per heavy atom. The van der Waals surface area contributed by atoms with Crippen molar-refractivity contribution in [2.24, 2.45) is 11.8 Å². The van der Waals surface area contributed by atoms with E-state index in [-0.39, 0.29) is 11.8 Å². The number of rotatable bonds is 6. The van der Waals surface area contributed by atoms with Gasteiger partial charge in [0.25, 0.3) is 5.91 Å². The molecule has 0 aromatic heterocycles. The molecule has 8 heteroatoms. The minimum absolute atomic E-state index is 0.111. The number of hydrogen-bond acceptors (Lipinski definition) is 4. The number of amides is 4. The van der Waals surface area contributed by atoms with Crippen molar-refractivity contribution in [3.8, 4) is 0 Å². The molecule has 1 heterocycles. The Morgan fingerprint density at radius 1 is 1.41 bits per heavy atom. The number of carbonyl (C=O) groups excluding carboxylic acids is 3. The van der Waals surface area contributed by atoms with Crippen LogP contribution in [0.5, 0.6) is 0 Å². The molecule has 2 rings (SSSR count). The molecule has 2 atom stereocenters. The smallest absolute Gasteiger partial charge is 0.326 e. The van der Waals surface area contributed by atoms with Crippen LogP contribution < -0.4 is 10.6 Å². The van der Waals surface area contributed by atoms with E-state index in [1.54, 1.807) is 20.8 Å². The predicted molar refractivity (Wildman–Crippen MR) is 75.8 cm³/mol. The van der Waals surface area contributed by atoms with Gasteiger partial charge < -0.3 is 15.7 Å². The number of carbonyl (C=O) groups is 4. The summed E-state index contributed by atoms with van der Waals surface area (Å²) in [6.45, 7) is 4.52. The first-order valence-corrected chi connectivity index (χ1v) is 7.33. The first-order valence-electron chi connectivity index (χ1n) is 7.33. The summed E-state index contributed by atoms with van der Waals surface area (Å²) in [5.41, 5.74) is -0.943. The van der Waals surface area contributed by atoms with Crippen LogP contribution in [0.15, 0.2) is 0 Å². The SMILES string of the molecule is CC(C)[C@H](NC(=O)CN1C(=O)N[C@](C)(C2CC2)C1=O)C(=O)O. The Balaban J connectivity index is 2.01. The van der Waals surface area contributed by atoms with Crippen LogP contribution in [0.3, 0.4) is 0 Å². The second-order valence-electron chi connectivity index (χ2n) is 6.43. The zero-order valence-electron chi connectivity index (χ0n) is 12.9. The summed E-state index contributed by atoms with van der Waals surface area (Å²) in [6, 6.07) is -1.66. The molecule has 0 bridgehead atoms. The fraction of sp³-hybridized carbons (Fsp3) is 0.714. The standard InChI is InChI=1S/C14H21N3O5/c1-7(2)10(11(19)20)15-9(18)6-17-12(21)14(3,8-4-5-8)16-13(17)22/h7-8,10H,4-6H2,1-3H3,(H,15,18)(H,16,22)(H,19,20)/t10-,14+/m0/s1. The average molecular weight is 311 g/mol. The maximum Gasteiger partial charge on any atom is 0.326 e. The van der Waals surface area contributed by atoms with E-state index in [0.29, 0.717) is 0 Å². The minimum atomic E-state index is -1.15. The van der Waals surface area contributed by atoms with Crippen LogP contribution >= 0.6 is 0 Å². The van der Waals surface area contributed by atoms with E-state index in [0.717, 1.165) is 17.7 Å². The number of urea groups is 1. The molecule has 2 fully saturated rings. The van der Waals surface area contributed by atoms with E-state index in [1.165, 1.54) is 0 Å². The Kier molecular flexibility index (Phi) is 4.12. The Morgan fingerprint density at radius 2 is 2.00 bits per heavy atom. The number of carboxylic acids is 1. The number of hydrogen-bond donors (Lipinski definition) is 3. The van der Waals surface area contributed by atoms with Crippen molar-refractivity contribution in [1.29, 1.82) is 0 Å². The minimum Gasteiger partial charge on any atom is -0.480 e. The van der Waals surface area contributed by atoms with Crippen molar-refractivity contribution in [3.05, 3.63) is 0 Å². The highest BCUT2D eigenvalue weighted by Gasteiger charge is 2.56. The van der Waals surface area contributed by atoms with Crippen molar-refractivity contribution in [1.82, 2.24) is 15.5 Å². The molecule has 2 aliphatic rings. The third kappa shape index (κ3) is 2.90. The summed E-state index contributed by atoms with van der Waals surface area (Å²) >= 11 is 0. The van der Waals surface area contributed by atoms with Gasteiger partial charge in [-0.3, -0.25) is 14.5 Å². The molecular formula is C14H21N3O5. The molecular weight excluding hydrogens is 290 g/mol. The molecule has 1 saturated carbocycles. The molecule has 3 N–H and O–H groups in total. The quantitative estimate of drug-likeness (QED) is 0.594. The summed E-state index contributed by atoms with van der Waals surface area (Å²) in [5.74, 6) is -2.43. The summed E-state index contributed by atoms with van der Waals surface area (Å²) in [4.78, 5) is 48.2. The molecule has 1 saturated heterocycles. The van der Waals surface area contributed by atoms with Crippen molar-refractivity contribution < 1.29 is 24.3 Å². The first-order chi connectivity index (χ1) is 10.2. The molecule has 0 radical (unpaired) electrons. The lowest BCUT2D eigenvalue weighted by atomic mass is 9.96.